The van der Waals surface area contributed by atoms with Gasteiger partial charge in [-0.3, -0.25) is 0 Å². The highest BCUT2D eigenvalue weighted by Crippen LogP contribution is 2.28. The maximum Gasteiger partial charge on any atom is 0.573 e. The van der Waals surface area contributed by atoms with Crippen molar-refractivity contribution in [3.05, 3.63) is 47.5 Å². The fraction of sp³-hybridized carbons (Fsp3) is 0.0714. The first-order chi connectivity index (χ1) is 9.92. The summed E-state index contributed by atoms with van der Waals surface area (Å²) >= 11 is 6.03. The molecule has 0 amide bonds. The summed E-state index contributed by atoms with van der Waals surface area (Å²) in [7, 11) is 0. The molecular formula is C14H8ClF3N2O. The topological polar surface area (TPSA) is 37.9 Å². The number of hydrogen-bond acceptors (Lipinski definition) is 2. The fourth-order valence-electron chi connectivity index (χ4n) is 1.95. The minimum Gasteiger partial charge on any atom is -0.406 e. The number of nitrogens with zero attached hydrogens (tertiary/aromatic N) is 1. The Morgan fingerprint density at radius 3 is 2.38 bits per heavy atom. The number of alkyl halides is 3. The van der Waals surface area contributed by atoms with Crippen LogP contribution in [0.15, 0.2) is 42.5 Å². The minimum atomic E-state index is -4.70. The summed E-state index contributed by atoms with van der Waals surface area (Å²) in [4.78, 5) is 7.40. The molecule has 0 aliphatic rings. The summed E-state index contributed by atoms with van der Waals surface area (Å²) in [5, 5.41) is 0.507. The van der Waals surface area contributed by atoms with Gasteiger partial charge in [0, 0.05) is 5.56 Å². The lowest BCUT2D eigenvalue weighted by Crippen LogP contribution is -2.16. The largest absolute Gasteiger partial charge is 0.573 e. The zero-order valence-electron chi connectivity index (χ0n) is 10.4. The molecule has 108 valence electrons. The standard InChI is InChI=1S/C14H8ClF3N2O/c15-10-2-1-3-11-12(10)20-13(19-11)8-4-6-9(7-5-8)21-14(16,17)18/h1-7H,(H,19,20). The molecule has 21 heavy (non-hydrogen) atoms. The third-order valence-electron chi connectivity index (χ3n) is 2.82. The second-order valence-electron chi connectivity index (χ2n) is 4.29. The molecule has 0 radical (unpaired) electrons. The van der Waals surface area contributed by atoms with Crippen molar-refractivity contribution < 1.29 is 17.9 Å². The first kappa shape index (κ1) is 13.8. The maximum absolute atomic E-state index is 12.1. The molecular weight excluding hydrogens is 305 g/mol. The van der Waals surface area contributed by atoms with Crippen molar-refractivity contribution in [1.29, 1.82) is 0 Å². The zero-order chi connectivity index (χ0) is 15.0. The first-order valence-corrected chi connectivity index (χ1v) is 6.30. The molecule has 0 aliphatic heterocycles. The van der Waals surface area contributed by atoms with Crippen molar-refractivity contribution in [2.24, 2.45) is 0 Å². The Morgan fingerprint density at radius 1 is 1.05 bits per heavy atom. The van der Waals surface area contributed by atoms with E-state index in [4.69, 9.17) is 11.6 Å². The summed E-state index contributed by atoms with van der Waals surface area (Å²) < 4.78 is 40.1. The molecule has 0 saturated heterocycles. The number of fused-ring (bicyclic) bond motifs is 1. The van der Waals surface area contributed by atoms with Gasteiger partial charge in [0.1, 0.15) is 17.1 Å². The number of para-hydroxylation sites is 1. The van der Waals surface area contributed by atoms with Crippen molar-refractivity contribution in [2.75, 3.05) is 0 Å². The molecule has 0 aliphatic carbocycles. The number of aromatic amines is 1. The van der Waals surface area contributed by atoms with E-state index in [1.54, 1.807) is 12.1 Å². The highest BCUT2D eigenvalue weighted by Gasteiger charge is 2.30. The van der Waals surface area contributed by atoms with Gasteiger partial charge in [-0.05, 0) is 36.4 Å². The van der Waals surface area contributed by atoms with E-state index in [1.807, 2.05) is 6.07 Å². The van der Waals surface area contributed by atoms with Crippen molar-refractivity contribution in [1.82, 2.24) is 9.97 Å². The van der Waals surface area contributed by atoms with Gasteiger partial charge in [-0.15, -0.1) is 13.2 Å². The van der Waals surface area contributed by atoms with Crippen LogP contribution < -0.4 is 4.74 Å². The van der Waals surface area contributed by atoms with E-state index in [2.05, 4.69) is 14.7 Å². The van der Waals surface area contributed by atoms with E-state index < -0.39 is 6.36 Å². The molecule has 0 fully saturated rings. The molecule has 0 saturated carbocycles. The van der Waals surface area contributed by atoms with Crippen LogP contribution in [0.3, 0.4) is 0 Å². The Hall–Kier alpha value is -2.21. The van der Waals surface area contributed by atoms with Crippen molar-refractivity contribution in [3.63, 3.8) is 0 Å². The highest BCUT2D eigenvalue weighted by molar-refractivity contribution is 6.34. The number of nitrogens with one attached hydrogen (secondary N) is 1. The average molecular weight is 313 g/mol. The maximum atomic E-state index is 12.1. The number of ether oxygens (including phenoxy) is 1. The van der Waals surface area contributed by atoms with Gasteiger partial charge in [0.25, 0.3) is 0 Å². The van der Waals surface area contributed by atoms with E-state index in [1.165, 1.54) is 24.3 Å². The molecule has 0 spiro atoms. The number of halogens is 4. The molecule has 3 rings (SSSR count). The summed E-state index contributed by atoms with van der Waals surface area (Å²) in [5.41, 5.74) is 2.01. The molecule has 3 aromatic rings. The molecule has 0 atom stereocenters. The number of hydrogen-bond donors (Lipinski definition) is 1. The van der Waals surface area contributed by atoms with Gasteiger partial charge < -0.3 is 9.72 Å². The molecule has 3 nitrogen and oxygen atoms in total. The predicted molar refractivity (Wildman–Crippen MR) is 73.2 cm³/mol. The number of H-pyrrole nitrogens is 1. The van der Waals surface area contributed by atoms with Crippen LogP contribution >= 0.6 is 11.6 Å². The van der Waals surface area contributed by atoms with Crippen molar-refractivity contribution in [2.45, 2.75) is 6.36 Å². The number of aromatic nitrogens is 2. The second kappa shape index (κ2) is 4.96. The van der Waals surface area contributed by atoms with Crippen LogP contribution in [0, 0.1) is 0 Å². The third-order valence-corrected chi connectivity index (χ3v) is 3.13. The first-order valence-electron chi connectivity index (χ1n) is 5.93. The summed E-state index contributed by atoms with van der Waals surface area (Å²) in [5.74, 6) is 0.247. The van der Waals surface area contributed by atoms with Crippen LogP contribution in [-0.4, -0.2) is 16.3 Å². The van der Waals surface area contributed by atoms with Crippen molar-refractivity contribution >= 4 is 22.6 Å². The van der Waals surface area contributed by atoms with Gasteiger partial charge in [0.2, 0.25) is 0 Å². The third kappa shape index (κ3) is 2.95. The second-order valence-corrected chi connectivity index (χ2v) is 4.70. The Bertz CT molecular complexity index is 781. The van der Waals surface area contributed by atoms with Crippen LogP contribution in [0.2, 0.25) is 5.02 Å². The molecule has 7 heteroatoms. The van der Waals surface area contributed by atoms with Gasteiger partial charge in [0.05, 0.1) is 10.5 Å². The molecule has 1 aromatic heterocycles. The Kier molecular flexibility index (Phi) is 3.25. The summed E-state index contributed by atoms with van der Waals surface area (Å²) in [6.07, 6.45) is -4.70. The van der Waals surface area contributed by atoms with Gasteiger partial charge in [-0.1, -0.05) is 17.7 Å². The van der Waals surface area contributed by atoms with Crippen LogP contribution in [0.5, 0.6) is 5.75 Å². The molecule has 2 aromatic carbocycles. The van der Waals surface area contributed by atoms with E-state index in [-0.39, 0.29) is 5.75 Å². The molecule has 1 N–H and O–H groups in total. The van der Waals surface area contributed by atoms with Gasteiger partial charge in [0.15, 0.2) is 0 Å². The Morgan fingerprint density at radius 2 is 1.76 bits per heavy atom. The zero-order valence-corrected chi connectivity index (χ0v) is 11.2. The number of benzene rings is 2. The number of imidazole rings is 1. The molecule has 1 heterocycles. The van der Waals surface area contributed by atoms with Gasteiger partial charge in [-0.2, -0.15) is 0 Å². The van der Waals surface area contributed by atoms with Crippen LogP contribution in [0.1, 0.15) is 0 Å². The monoisotopic (exact) mass is 312 g/mol. The van der Waals surface area contributed by atoms with E-state index in [0.29, 0.717) is 21.9 Å². The van der Waals surface area contributed by atoms with E-state index in [0.717, 1.165) is 5.52 Å². The number of rotatable bonds is 2. The molecule has 0 unspecified atom stereocenters. The van der Waals surface area contributed by atoms with E-state index >= 15 is 0 Å². The van der Waals surface area contributed by atoms with E-state index in [9.17, 15) is 13.2 Å². The lowest BCUT2D eigenvalue weighted by Gasteiger charge is -2.08. The van der Waals surface area contributed by atoms with Crippen molar-refractivity contribution in [3.8, 4) is 17.1 Å². The lowest BCUT2D eigenvalue weighted by molar-refractivity contribution is -0.274. The SMILES string of the molecule is FC(F)(F)Oc1ccc(-c2nc3c(Cl)cccc3[nH]2)cc1. The Labute approximate surface area is 122 Å². The summed E-state index contributed by atoms with van der Waals surface area (Å²) in [6.45, 7) is 0. The molecule has 0 bridgehead atoms. The predicted octanol–water partition coefficient (Wildman–Crippen LogP) is 4.78. The minimum absolute atomic E-state index is 0.277. The van der Waals surface area contributed by atoms with Gasteiger partial charge >= 0.3 is 6.36 Å². The summed E-state index contributed by atoms with van der Waals surface area (Å²) in [6, 6.07) is 10.8. The lowest BCUT2D eigenvalue weighted by atomic mass is 10.2. The fourth-order valence-corrected chi connectivity index (χ4v) is 2.17. The highest BCUT2D eigenvalue weighted by atomic mass is 35.5. The van der Waals surface area contributed by atoms with Gasteiger partial charge in [-0.25, -0.2) is 4.98 Å². The van der Waals surface area contributed by atoms with Crippen LogP contribution in [-0.2, 0) is 0 Å². The average Bonchev–Trinajstić information content (AvgIpc) is 2.83. The van der Waals surface area contributed by atoms with Crippen LogP contribution in [0.25, 0.3) is 22.4 Å². The normalized spacial score (nSPS) is 11.8. The smallest absolute Gasteiger partial charge is 0.406 e. The quantitative estimate of drug-likeness (QED) is 0.739. The van der Waals surface area contributed by atoms with Crippen LogP contribution in [0.4, 0.5) is 13.2 Å². The Balaban J connectivity index is 1.94.